The van der Waals surface area contributed by atoms with Crippen molar-refractivity contribution >= 4 is 23.5 Å². The minimum Gasteiger partial charge on any atom is -0.305 e. The lowest BCUT2D eigenvalue weighted by Gasteiger charge is -2.10. The highest BCUT2D eigenvalue weighted by molar-refractivity contribution is 8.00. The van der Waals surface area contributed by atoms with E-state index in [-0.39, 0.29) is 28.0 Å². The van der Waals surface area contributed by atoms with Crippen molar-refractivity contribution in [2.45, 2.75) is 17.3 Å². The fourth-order valence-electron chi connectivity index (χ4n) is 1.53. The molecule has 0 radical (unpaired) electrons. The van der Waals surface area contributed by atoms with Gasteiger partial charge in [-0.05, 0) is 30.8 Å². The Morgan fingerprint density at radius 3 is 2.65 bits per heavy atom. The Morgan fingerprint density at radius 1 is 1.35 bits per heavy atom. The highest BCUT2D eigenvalue weighted by Gasteiger charge is 2.31. The van der Waals surface area contributed by atoms with Crippen molar-refractivity contribution in [3.63, 3.8) is 0 Å². The number of nitrogens with one attached hydrogen (secondary N) is 2. The molecule has 1 aromatic heterocycles. The molecule has 20 heavy (non-hydrogen) atoms. The third-order valence-electron chi connectivity index (χ3n) is 2.30. The lowest BCUT2D eigenvalue weighted by Crippen LogP contribution is -2.14. The number of amides is 1. The van der Waals surface area contributed by atoms with Crippen LogP contribution in [0, 0.1) is 6.92 Å². The molecule has 1 amide bonds. The molecule has 2 rings (SSSR count). The number of carbonyl (C=O) groups excluding carboxylic acids is 1. The molecule has 0 atom stereocenters. The first-order chi connectivity index (χ1) is 9.35. The maximum Gasteiger partial charge on any atom is 0.446 e. The van der Waals surface area contributed by atoms with E-state index in [9.17, 15) is 18.0 Å². The Labute approximate surface area is 116 Å². The molecule has 0 aliphatic rings. The molecule has 2 aromatic rings. The SMILES string of the molecule is Cc1cc(NC(=O)c2ccccc2SC(F)(F)F)n[nH]1. The van der Waals surface area contributed by atoms with Gasteiger partial charge in [-0.15, -0.1) is 0 Å². The van der Waals surface area contributed by atoms with Gasteiger partial charge in [-0.3, -0.25) is 9.89 Å². The van der Waals surface area contributed by atoms with Gasteiger partial charge in [-0.1, -0.05) is 12.1 Å². The fraction of sp³-hybridized carbons (Fsp3) is 0.167. The third kappa shape index (κ3) is 3.77. The fourth-order valence-corrected chi connectivity index (χ4v) is 2.20. The van der Waals surface area contributed by atoms with E-state index >= 15 is 0 Å². The first kappa shape index (κ1) is 14.4. The van der Waals surface area contributed by atoms with E-state index in [0.717, 1.165) is 5.69 Å². The zero-order chi connectivity index (χ0) is 14.8. The average Bonchev–Trinajstić information content (AvgIpc) is 2.73. The number of aryl methyl sites for hydroxylation is 1. The van der Waals surface area contributed by atoms with Gasteiger partial charge < -0.3 is 5.32 Å². The average molecular weight is 301 g/mol. The number of halogens is 3. The summed E-state index contributed by atoms with van der Waals surface area (Å²) in [4.78, 5) is 11.8. The van der Waals surface area contributed by atoms with E-state index in [0.29, 0.717) is 0 Å². The summed E-state index contributed by atoms with van der Waals surface area (Å²) >= 11 is -0.318. The van der Waals surface area contributed by atoms with E-state index in [4.69, 9.17) is 0 Å². The Bertz CT molecular complexity index is 624. The van der Waals surface area contributed by atoms with Crippen LogP contribution in [0.4, 0.5) is 19.0 Å². The van der Waals surface area contributed by atoms with Crippen molar-refractivity contribution in [1.29, 1.82) is 0 Å². The Balaban J connectivity index is 2.21. The number of aromatic amines is 1. The number of benzene rings is 1. The van der Waals surface area contributed by atoms with Gasteiger partial charge in [0, 0.05) is 16.7 Å². The predicted octanol–water partition coefficient (Wildman–Crippen LogP) is 3.58. The molecule has 0 aliphatic heterocycles. The van der Waals surface area contributed by atoms with Crippen LogP contribution in [0.2, 0.25) is 0 Å². The highest BCUT2D eigenvalue weighted by atomic mass is 32.2. The second kappa shape index (κ2) is 5.58. The molecular formula is C12H10F3N3OS. The first-order valence-corrected chi connectivity index (χ1v) is 6.35. The predicted molar refractivity (Wildman–Crippen MR) is 69.6 cm³/mol. The van der Waals surface area contributed by atoms with Crippen molar-refractivity contribution in [2.24, 2.45) is 0 Å². The number of rotatable bonds is 3. The van der Waals surface area contributed by atoms with E-state index in [2.05, 4.69) is 15.5 Å². The van der Waals surface area contributed by atoms with Crippen LogP contribution in [0.25, 0.3) is 0 Å². The summed E-state index contributed by atoms with van der Waals surface area (Å²) in [6.07, 6.45) is 0. The molecule has 0 fully saturated rings. The first-order valence-electron chi connectivity index (χ1n) is 5.53. The number of hydrogen-bond donors (Lipinski definition) is 2. The molecule has 2 N–H and O–H groups in total. The summed E-state index contributed by atoms with van der Waals surface area (Å²) < 4.78 is 37.3. The van der Waals surface area contributed by atoms with Gasteiger partial charge >= 0.3 is 5.51 Å². The van der Waals surface area contributed by atoms with Crippen molar-refractivity contribution in [1.82, 2.24) is 10.2 Å². The Morgan fingerprint density at radius 2 is 2.05 bits per heavy atom. The minimum absolute atomic E-state index is 0.0459. The van der Waals surface area contributed by atoms with Crippen molar-refractivity contribution in [2.75, 3.05) is 5.32 Å². The van der Waals surface area contributed by atoms with Crippen LogP contribution in [-0.4, -0.2) is 21.6 Å². The van der Waals surface area contributed by atoms with Gasteiger partial charge in [-0.2, -0.15) is 18.3 Å². The number of carbonyl (C=O) groups is 1. The molecule has 0 bridgehead atoms. The van der Waals surface area contributed by atoms with Gasteiger partial charge in [0.05, 0.1) is 5.56 Å². The highest BCUT2D eigenvalue weighted by Crippen LogP contribution is 2.38. The number of thioether (sulfide) groups is 1. The van der Waals surface area contributed by atoms with Crippen LogP contribution in [0.1, 0.15) is 16.1 Å². The van der Waals surface area contributed by atoms with Crippen LogP contribution >= 0.6 is 11.8 Å². The minimum atomic E-state index is -4.45. The van der Waals surface area contributed by atoms with E-state index in [1.807, 2.05) is 0 Å². The van der Waals surface area contributed by atoms with Gasteiger partial charge in [0.1, 0.15) is 0 Å². The quantitative estimate of drug-likeness (QED) is 0.852. The zero-order valence-electron chi connectivity index (χ0n) is 10.3. The number of anilines is 1. The number of H-pyrrole nitrogens is 1. The summed E-state index contributed by atoms with van der Waals surface area (Å²) in [6.45, 7) is 1.75. The maximum absolute atomic E-state index is 12.4. The monoisotopic (exact) mass is 301 g/mol. The molecule has 0 saturated heterocycles. The zero-order valence-corrected chi connectivity index (χ0v) is 11.1. The number of aromatic nitrogens is 2. The van der Waals surface area contributed by atoms with Crippen LogP contribution in [-0.2, 0) is 0 Å². The lowest BCUT2D eigenvalue weighted by atomic mass is 10.2. The molecule has 4 nitrogen and oxygen atoms in total. The molecule has 0 unspecified atom stereocenters. The van der Waals surface area contributed by atoms with Gasteiger partial charge in [-0.25, -0.2) is 0 Å². The molecule has 0 saturated carbocycles. The summed E-state index contributed by atoms with van der Waals surface area (Å²) in [7, 11) is 0. The topological polar surface area (TPSA) is 57.8 Å². The standard InChI is InChI=1S/C12H10F3N3OS/c1-7-6-10(18-17-7)16-11(19)8-4-2-3-5-9(8)20-12(13,14)15/h2-6H,1H3,(H2,16,17,18,19). The smallest absolute Gasteiger partial charge is 0.305 e. The van der Waals surface area contributed by atoms with E-state index < -0.39 is 11.4 Å². The maximum atomic E-state index is 12.4. The van der Waals surface area contributed by atoms with Crippen LogP contribution in [0.3, 0.4) is 0 Å². The van der Waals surface area contributed by atoms with Gasteiger partial charge in [0.25, 0.3) is 5.91 Å². The second-order valence-electron chi connectivity index (χ2n) is 3.93. The molecule has 1 heterocycles. The van der Waals surface area contributed by atoms with Crippen LogP contribution < -0.4 is 5.32 Å². The molecule has 8 heteroatoms. The molecular weight excluding hydrogens is 291 g/mol. The summed E-state index contributed by atoms with van der Waals surface area (Å²) in [5.74, 6) is -0.372. The molecule has 0 spiro atoms. The van der Waals surface area contributed by atoms with Crippen LogP contribution in [0.5, 0.6) is 0 Å². The molecule has 1 aromatic carbocycles. The number of alkyl halides is 3. The Kier molecular flexibility index (Phi) is 4.03. The normalized spacial score (nSPS) is 11.4. The molecule has 0 aliphatic carbocycles. The van der Waals surface area contributed by atoms with Crippen molar-refractivity contribution < 1.29 is 18.0 Å². The molecule has 106 valence electrons. The van der Waals surface area contributed by atoms with Crippen molar-refractivity contribution in [3.05, 3.63) is 41.6 Å². The number of nitrogens with zero attached hydrogens (tertiary/aromatic N) is 1. The van der Waals surface area contributed by atoms with Crippen LogP contribution in [0.15, 0.2) is 35.2 Å². The summed E-state index contributed by atoms with van der Waals surface area (Å²) in [5.41, 5.74) is -3.76. The van der Waals surface area contributed by atoms with E-state index in [1.54, 1.807) is 13.0 Å². The lowest BCUT2D eigenvalue weighted by molar-refractivity contribution is -0.0328. The second-order valence-corrected chi connectivity index (χ2v) is 5.04. The largest absolute Gasteiger partial charge is 0.446 e. The summed E-state index contributed by atoms with van der Waals surface area (Å²) in [6, 6.07) is 7.12. The number of hydrogen-bond acceptors (Lipinski definition) is 3. The van der Waals surface area contributed by atoms with Gasteiger partial charge in [0.15, 0.2) is 5.82 Å². The Hall–Kier alpha value is -1.96. The van der Waals surface area contributed by atoms with Gasteiger partial charge in [0.2, 0.25) is 0 Å². The third-order valence-corrected chi connectivity index (χ3v) is 3.11. The van der Waals surface area contributed by atoms with Crippen molar-refractivity contribution in [3.8, 4) is 0 Å². The van der Waals surface area contributed by atoms with E-state index in [1.165, 1.54) is 24.3 Å². The summed E-state index contributed by atoms with van der Waals surface area (Å²) in [5, 5.41) is 8.87.